The van der Waals surface area contributed by atoms with E-state index in [-0.39, 0.29) is 5.78 Å². The molecular weight excluding hydrogens is 242 g/mol. The molecule has 2 nitrogen and oxygen atoms in total. The van der Waals surface area contributed by atoms with Crippen LogP contribution in [-0.4, -0.2) is 16.0 Å². The third-order valence-corrected chi connectivity index (χ3v) is 4.82. The molecule has 0 spiro atoms. The van der Waals surface area contributed by atoms with E-state index in [1.807, 2.05) is 25.6 Å². The molecule has 0 radical (unpaired) electrons. The third kappa shape index (κ3) is 3.35. The van der Waals surface area contributed by atoms with E-state index in [2.05, 4.69) is 11.1 Å². The highest BCUT2D eigenvalue weighted by atomic mass is 32.2. The van der Waals surface area contributed by atoms with Gasteiger partial charge in [0.15, 0.2) is 5.78 Å². The second-order valence-electron chi connectivity index (χ2n) is 4.99. The molecule has 1 heterocycles. The van der Waals surface area contributed by atoms with Gasteiger partial charge >= 0.3 is 0 Å². The maximum atomic E-state index is 11.7. The number of carbonyl (C=O) groups is 1. The fourth-order valence-electron chi connectivity index (χ4n) is 2.43. The van der Waals surface area contributed by atoms with Crippen molar-refractivity contribution < 1.29 is 4.79 Å². The molecule has 1 saturated carbocycles. The minimum atomic E-state index is 0.189. The number of ketones is 1. The number of rotatable bonds is 4. The second kappa shape index (κ2) is 6.37. The number of hydrogen-bond acceptors (Lipinski definition) is 3. The van der Waals surface area contributed by atoms with Gasteiger partial charge < -0.3 is 0 Å². The van der Waals surface area contributed by atoms with Gasteiger partial charge in [-0.3, -0.25) is 4.79 Å². The Morgan fingerprint density at radius 3 is 2.72 bits per heavy atom. The molecule has 0 bridgehead atoms. The Morgan fingerprint density at radius 2 is 2.11 bits per heavy atom. The van der Waals surface area contributed by atoms with Gasteiger partial charge in [-0.05, 0) is 31.4 Å². The van der Waals surface area contributed by atoms with Crippen molar-refractivity contribution in [2.75, 3.05) is 0 Å². The monoisotopic (exact) mass is 263 g/mol. The molecule has 0 unspecified atom stereocenters. The minimum absolute atomic E-state index is 0.189. The van der Waals surface area contributed by atoms with Crippen LogP contribution in [0.4, 0.5) is 0 Å². The predicted octanol–water partition coefficient (Wildman–Crippen LogP) is 4.41. The highest BCUT2D eigenvalue weighted by Crippen LogP contribution is 2.33. The first kappa shape index (κ1) is 13.6. The van der Waals surface area contributed by atoms with E-state index < -0.39 is 0 Å². The normalized spacial score (nSPS) is 16.8. The van der Waals surface area contributed by atoms with Crippen LogP contribution in [0, 0.1) is 6.92 Å². The Hall–Kier alpha value is -0.830. The van der Waals surface area contributed by atoms with Crippen LogP contribution in [0.25, 0.3) is 0 Å². The first-order valence-corrected chi connectivity index (χ1v) is 7.75. The van der Waals surface area contributed by atoms with E-state index in [0.29, 0.717) is 6.42 Å². The average Bonchev–Trinajstić information content (AvgIpc) is 2.39. The van der Waals surface area contributed by atoms with E-state index in [0.717, 1.165) is 21.4 Å². The van der Waals surface area contributed by atoms with Gasteiger partial charge in [0.05, 0.1) is 5.03 Å². The van der Waals surface area contributed by atoms with E-state index >= 15 is 0 Å². The van der Waals surface area contributed by atoms with Crippen molar-refractivity contribution >= 4 is 17.5 Å². The van der Waals surface area contributed by atoms with Gasteiger partial charge in [-0.1, -0.05) is 26.2 Å². The summed E-state index contributed by atoms with van der Waals surface area (Å²) in [5.74, 6) is 0.189. The maximum Gasteiger partial charge on any atom is 0.164 e. The summed E-state index contributed by atoms with van der Waals surface area (Å²) in [6.45, 7) is 3.90. The van der Waals surface area contributed by atoms with Crippen LogP contribution in [0.5, 0.6) is 0 Å². The lowest BCUT2D eigenvalue weighted by atomic mass is 10.0. The molecule has 0 amide bonds. The van der Waals surface area contributed by atoms with E-state index in [1.54, 1.807) is 6.20 Å². The van der Waals surface area contributed by atoms with Gasteiger partial charge in [-0.2, -0.15) is 0 Å². The summed E-state index contributed by atoms with van der Waals surface area (Å²) in [4.78, 5) is 16.1. The summed E-state index contributed by atoms with van der Waals surface area (Å²) in [7, 11) is 0. The van der Waals surface area contributed by atoms with E-state index in [1.165, 1.54) is 32.1 Å². The summed E-state index contributed by atoms with van der Waals surface area (Å²) in [5.41, 5.74) is 1.85. The molecule has 1 aromatic rings. The Morgan fingerprint density at radius 1 is 1.39 bits per heavy atom. The molecule has 1 fully saturated rings. The molecule has 0 N–H and O–H groups in total. The third-order valence-electron chi connectivity index (χ3n) is 3.55. The number of pyridine rings is 1. The zero-order chi connectivity index (χ0) is 13.0. The molecule has 1 aromatic heterocycles. The summed E-state index contributed by atoms with van der Waals surface area (Å²) in [5, 5.41) is 1.80. The van der Waals surface area contributed by atoms with Crippen molar-refractivity contribution in [1.82, 2.24) is 4.98 Å². The number of hydrogen-bond donors (Lipinski definition) is 0. The lowest BCUT2D eigenvalue weighted by Gasteiger charge is -2.20. The number of thioether (sulfide) groups is 1. The van der Waals surface area contributed by atoms with Gasteiger partial charge in [0.1, 0.15) is 0 Å². The molecule has 1 aliphatic carbocycles. The van der Waals surface area contributed by atoms with Crippen molar-refractivity contribution in [3.05, 3.63) is 23.4 Å². The van der Waals surface area contributed by atoms with Crippen LogP contribution in [0.15, 0.2) is 17.3 Å². The second-order valence-corrected chi connectivity index (χ2v) is 6.31. The quantitative estimate of drug-likeness (QED) is 0.754. The zero-order valence-electron chi connectivity index (χ0n) is 11.2. The van der Waals surface area contributed by atoms with Gasteiger partial charge in [0, 0.05) is 23.4 Å². The van der Waals surface area contributed by atoms with Crippen LogP contribution < -0.4 is 0 Å². The zero-order valence-corrected chi connectivity index (χ0v) is 12.1. The van der Waals surface area contributed by atoms with Crippen molar-refractivity contribution in [3.63, 3.8) is 0 Å². The smallest absolute Gasteiger partial charge is 0.164 e. The fourth-order valence-corrected chi connectivity index (χ4v) is 3.70. The van der Waals surface area contributed by atoms with E-state index in [9.17, 15) is 4.79 Å². The van der Waals surface area contributed by atoms with Gasteiger partial charge in [0.25, 0.3) is 0 Å². The Balaban J connectivity index is 2.06. The lowest BCUT2D eigenvalue weighted by Crippen LogP contribution is -2.08. The van der Waals surface area contributed by atoms with Crippen LogP contribution in [0.2, 0.25) is 0 Å². The van der Waals surface area contributed by atoms with Gasteiger partial charge in [-0.25, -0.2) is 4.98 Å². The molecule has 0 atom stereocenters. The first-order valence-electron chi connectivity index (χ1n) is 6.87. The number of Topliss-reactive ketones (excluding diaryl/α,β-unsaturated/α-hetero) is 1. The first-order chi connectivity index (χ1) is 8.70. The number of carbonyl (C=O) groups excluding carboxylic acids is 1. The van der Waals surface area contributed by atoms with Crippen LogP contribution in [-0.2, 0) is 0 Å². The number of nitrogens with zero attached hydrogens (tertiary/aromatic N) is 1. The number of aryl methyl sites for hydroxylation is 1. The van der Waals surface area contributed by atoms with Crippen molar-refractivity contribution in [2.24, 2.45) is 0 Å². The van der Waals surface area contributed by atoms with Gasteiger partial charge in [0.2, 0.25) is 0 Å². The van der Waals surface area contributed by atoms with Crippen molar-refractivity contribution in [1.29, 1.82) is 0 Å². The summed E-state index contributed by atoms with van der Waals surface area (Å²) >= 11 is 1.88. The predicted molar refractivity (Wildman–Crippen MR) is 76.3 cm³/mol. The summed E-state index contributed by atoms with van der Waals surface area (Å²) in [6.07, 6.45) is 9.01. The standard InChI is InChI=1S/C15H21NOS/c1-3-14(17)13-10-16-15(9-11(13)2)18-12-7-5-4-6-8-12/h9-10,12H,3-8H2,1-2H3. The largest absolute Gasteiger partial charge is 0.294 e. The molecule has 18 heavy (non-hydrogen) atoms. The molecule has 98 valence electrons. The highest BCUT2D eigenvalue weighted by Gasteiger charge is 2.16. The number of aromatic nitrogens is 1. The van der Waals surface area contributed by atoms with Crippen LogP contribution >= 0.6 is 11.8 Å². The highest BCUT2D eigenvalue weighted by molar-refractivity contribution is 7.99. The maximum absolute atomic E-state index is 11.7. The SMILES string of the molecule is CCC(=O)c1cnc(SC2CCCCC2)cc1C. The summed E-state index contributed by atoms with van der Waals surface area (Å²) < 4.78 is 0. The van der Waals surface area contributed by atoms with Crippen LogP contribution in [0.3, 0.4) is 0 Å². The Labute approximate surface area is 114 Å². The lowest BCUT2D eigenvalue weighted by molar-refractivity contribution is 0.0987. The van der Waals surface area contributed by atoms with Crippen molar-refractivity contribution in [2.45, 2.75) is 62.6 Å². The summed E-state index contributed by atoms with van der Waals surface area (Å²) in [6, 6.07) is 2.07. The average molecular weight is 263 g/mol. The van der Waals surface area contributed by atoms with Crippen molar-refractivity contribution in [3.8, 4) is 0 Å². The van der Waals surface area contributed by atoms with Gasteiger partial charge in [-0.15, -0.1) is 11.8 Å². The molecule has 3 heteroatoms. The molecule has 0 saturated heterocycles. The molecular formula is C15H21NOS. The molecule has 1 aliphatic rings. The van der Waals surface area contributed by atoms with Crippen LogP contribution in [0.1, 0.15) is 61.4 Å². The molecule has 0 aromatic carbocycles. The fraction of sp³-hybridized carbons (Fsp3) is 0.600. The van der Waals surface area contributed by atoms with E-state index in [4.69, 9.17) is 0 Å². The Bertz CT molecular complexity index is 425. The molecule has 2 rings (SSSR count). The minimum Gasteiger partial charge on any atom is -0.294 e. The topological polar surface area (TPSA) is 30.0 Å². The molecule has 0 aliphatic heterocycles. The Kier molecular flexibility index (Phi) is 4.81.